The van der Waals surface area contributed by atoms with Crippen molar-refractivity contribution >= 4 is 11.4 Å². The molecule has 4 heterocycles. The van der Waals surface area contributed by atoms with Crippen molar-refractivity contribution in [3.63, 3.8) is 0 Å². The van der Waals surface area contributed by atoms with E-state index in [9.17, 15) is 4.79 Å². The predicted octanol–water partition coefficient (Wildman–Crippen LogP) is 4.92. The molecule has 0 spiro atoms. The zero-order valence-electron chi connectivity index (χ0n) is 20.9. The average Bonchev–Trinajstić information content (AvgIpc) is 2.91. The minimum Gasteiger partial charge on any atom is -0.456 e. The molecule has 2 aromatic carbocycles. The second kappa shape index (κ2) is 9.71. The van der Waals surface area contributed by atoms with Gasteiger partial charge in [-0.15, -0.1) is 0 Å². The molecule has 2 aliphatic rings. The molecule has 2 aliphatic heterocycles. The van der Waals surface area contributed by atoms with E-state index in [-0.39, 0.29) is 17.7 Å². The third kappa shape index (κ3) is 4.80. The van der Waals surface area contributed by atoms with Crippen molar-refractivity contribution in [3.05, 3.63) is 106 Å². The zero-order chi connectivity index (χ0) is 25.4. The number of nitrogens with zero attached hydrogens (tertiary/aromatic N) is 3. The van der Waals surface area contributed by atoms with Crippen LogP contribution in [0.1, 0.15) is 47.3 Å². The monoisotopic (exact) mass is 495 g/mol. The number of H-pyrrole nitrogens is 1. The molecule has 1 fully saturated rings. The third-order valence-corrected chi connectivity index (χ3v) is 6.94. The van der Waals surface area contributed by atoms with Crippen LogP contribution in [0.15, 0.2) is 71.8 Å². The van der Waals surface area contributed by atoms with Crippen LogP contribution < -0.4 is 20.5 Å². The second-order valence-corrected chi connectivity index (χ2v) is 9.55. The number of fused-ring (bicyclic) bond motifs is 2. The van der Waals surface area contributed by atoms with Crippen LogP contribution in [0, 0.1) is 6.92 Å². The van der Waals surface area contributed by atoms with Crippen molar-refractivity contribution in [2.75, 3.05) is 29.9 Å². The Morgan fingerprint density at radius 1 is 1.14 bits per heavy atom. The molecule has 2 unspecified atom stereocenters. The van der Waals surface area contributed by atoms with Gasteiger partial charge in [0.25, 0.3) is 0 Å². The number of para-hydroxylation sites is 1. The van der Waals surface area contributed by atoms with Gasteiger partial charge in [-0.3, -0.25) is 4.79 Å². The van der Waals surface area contributed by atoms with Gasteiger partial charge in [0.15, 0.2) is 0 Å². The Balaban J connectivity index is 1.22. The maximum absolute atomic E-state index is 11.8. The van der Waals surface area contributed by atoms with Gasteiger partial charge < -0.3 is 24.7 Å². The van der Waals surface area contributed by atoms with E-state index in [2.05, 4.69) is 56.4 Å². The quantitative estimate of drug-likeness (QED) is 0.358. The molecular formula is C29H29N5O3. The number of ether oxygens (including phenoxy) is 2. The lowest BCUT2D eigenvalue weighted by atomic mass is 9.95. The molecule has 0 saturated carbocycles. The molecule has 8 heteroatoms. The fourth-order valence-corrected chi connectivity index (χ4v) is 5.09. The molecule has 37 heavy (non-hydrogen) atoms. The van der Waals surface area contributed by atoms with Gasteiger partial charge >= 0.3 is 0 Å². The van der Waals surface area contributed by atoms with Crippen LogP contribution in [0.5, 0.6) is 11.5 Å². The van der Waals surface area contributed by atoms with Crippen molar-refractivity contribution in [1.82, 2.24) is 15.0 Å². The number of hydrogen-bond donors (Lipinski definition) is 2. The summed E-state index contributed by atoms with van der Waals surface area (Å²) in [5.74, 6) is 2.50. The molecule has 4 aromatic rings. The highest BCUT2D eigenvalue weighted by Crippen LogP contribution is 2.43. The van der Waals surface area contributed by atoms with Crippen LogP contribution in [-0.2, 0) is 11.2 Å². The lowest BCUT2D eigenvalue weighted by molar-refractivity contribution is 0.0384. The van der Waals surface area contributed by atoms with Crippen LogP contribution >= 0.6 is 0 Å². The number of aryl methyl sites for hydroxylation is 1. The number of aromatic amines is 1. The van der Waals surface area contributed by atoms with Crippen LogP contribution in [0.3, 0.4) is 0 Å². The van der Waals surface area contributed by atoms with Crippen LogP contribution in [0.4, 0.5) is 11.4 Å². The van der Waals surface area contributed by atoms with Gasteiger partial charge in [0.1, 0.15) is 23.4 Å². The third-order valence-electron chi connectivity index (χ3n) is 6.94. The topological polar surface area (TPSA) is 92.4 Å². The van der Waals surface area contributed by atoms with Crippen molar-refractivity contribution in [2.24, 2.45) is 0 Å². The van der Waals surface area contributed by atoms with Crippen molar-refractivity contribution in [2.45, 2.75) is 32.4 Å². The number of nitrogens with one attached hydrogen (secondary N) is 2. The first-order chi connectivity index (χ1) is 18.0. The molecule has 2 atom stereocenters. The van der Waals surface area contributed by atoms with Gasteiger partial charge in [0, 0.05) is 60.5 Å². The minimum atomic E-state index is -0.150. The summed E-state index contributed by atoms with van der Waals surface area (Å²) in [4.78, 5) is 25.4. The van der Waals surface area contributed by atoms with Crippen molar-refractivity contribution < 1.29 is 9.47 Å². The molecule has 1 saturated heterocycles. The molecule has 2 N–H and O–H groups in total. The Bertz CT molecular complexity index is 1500. The van der Waals surface area contributed by atoms with E-state index in [0.29, 0.717) is 13.2 Å². The first-order valence-corrected chi connectivity index (χ1v) is 12.6. The molecule has 0 bridgehead atoms. The second-order valence-electron chi connectivity index (χ2n) is 9.55. The summed E-state index contributed by atoms with van der Waals surface area (Å²) in [6.45, 7) is 5.97. The highest BCUT2D eigenvalue weighted by Gasteiger charge is 2.29. The summed E-state index contributed by atoms with van der Waals surface area (Å²) in [7, 11) is 0. The fourth-order valence-electron chi connectivity index (χ4n) is 5.09. The number of rotatable bonds is 5. The predicted molar refractivity (Wildman–Crippen MR) is 143 cm³/mol. The Kier molecular flexibility index (Phi) is 6.10. The molecule has 0 amide bonds. The highest BCUT2D eigenvalue weighted by atomic mass is 16.5. The number of benzene rings is 2. The number of pyridine rings is 1. The maximum atomic E-state index is 11.8. The average molecular weight is 496 g/mol. The van der Waals surface area contributed by atoms with E-state index in [1.165, 1.54) is 0 Å². The van der Waals surface area contributed by atoms with Gasteiger partial charge in [-0.05, 0) is 49.7 Å². The molecular weight excluding hydrogens is 466 g/mol. The van der Waals surface area contributed by atoms with Gasteiger partial charge in [0.2, 0.25) is 5.56 Å². The van der Waals surface area contributed by atoms with Gasteiger partial charge in [-0.25, -0.2) is 9.97 Å². The summed E-state index contributed by atoms with van der Waals surface area (Å²) in [5, 5.41) is 3.55. The summed E-state index contributed by atoms with van der Waals surface area (Å²) in [5.41, 5.74) is 6.09. The summed E-state index contributed by atoms with van der Waals surface area (Å²) in [6, 6.07) is 18.0. The van der Waals surface area contributed by atoms with Crippen LogP contribution in [0.2, 0.25) is 0 Å². The van der Waals surface area contributed by atoms with Crippen LogP contribution in [-0.4, -0.2) is 34.6 Å². The Morgan fingerprint density at radius 3 is 2.92 bits per heavy atom. The Morgan fingerprint density at radius 2 is 2.05 bits per heavy atom. The summed E-state index contributed by atoms with van der Waals surface area (Å²) < 4.78 is 12.7. The SMILES string of the molecule is Cc1nccc(C(C)Nc2ccc3c(c2)Cc2cccc(C4CN(c5cc[nH]c(=O)c5)CCO4)c2O3)n1. The van der Waals surface area contributed by atoms with Crippen LogP contribution in [0.25, 0.3) is 0 Å². The first kappa shape index (κ1) is 23.2. The zero-order valence-corrected chi connectivity index (χ0v) is 20.9. The standard InChI is InChI=1S/C29H29N5O3/c1-18(25-9-11-30-19(2)33-25)32-22-6-7-26-21(15-22)14-20-4-3-5-24(29(20)37-26)27-17-34(12-13-36-27)23-8-10-31-28(35)16-23/h3-11,15-16,18,27,32H,12-14,17H2,1-2H3,(H,31,35). The van der Waals surface area contributed by atoms with E-state index in [4.69, 9.17) is 9.47 Å². The maximum Gasteiger partial charge on any atom is 0.249 e. The molecule has 0 aliphatic carbocycles. The van der Waals surface area contributed by atoms with E-state index < -0.39 is 0 Å². The van der Waals surface area contributed by atoms with Crippen molar-refractivity contribution in [1.29, 1.82) is 0 Å². The smallest absolute Gasteiger partial charge is 0.249 e. The number of anilines is 2. The van der Waals surface area contributed by atoms with Gasteiger partial charge in [-0.1, -0.05) is 18.2 Å². The molecule has 188 valence electrons. The van der Waals surface area contributed by atoms with Crippen molar-refractivity contribution in [3.8, 4) is 11.5 Å². The van der Waals surface area contributed by atoms with E-state index >= 15 is 0 Å². The van der Waals surface area contributed by atoms with E-state index in [1.807, 2.05) is 31.2 Å². The first-order valence-electron chi connectivity index (χ1n) is 12.6. The fraction of sp³-hybridized carbons (Fsp3) is 0.276. The Labute approximate surface area is 215 Å². The lowest BCUT2D eigenvalue weighted by Crippen LogP contribution is -2.39. The Hall–Kier alpha value is -4.17. The molecule has 6 rings (SSSR count). The van der Waals surface area contributed by atoms with Gasteiger partial charge in [-0.2, -0.15) is 0 Å². The largest absolute Gasteiger partial charge is 0.456 e. The number of morpholine rings is 1. The van der Waals surface area contributed by atoms with Gasteiger partial charge in [0.05, 0.1) is 18.3 Å². The summed E-state index contributed by atoms with van der Waals surface area (Å²) in [6.07, 6.45) is 4.10. The molecule has 0 radical (unpaired) electrons. The number of hydrogen-bond acceptors (Lipinski definition) is 7. The number of aromatic nitrogens is 3. The minimum absolute atomic E-state index is 0.0507. The van der Waals surface area contributed by atoms with E-state index in [0.717, 1.165) is 64.0 Å². The molecule has 8 nitrogen and oxygen atoms in total. The lowest BCUT2D eigenvalue weighted by Gasteiger charge is -2.36. The molecule has 2 aromatic heterocycles. The highest BCUT2D eigenvalue weighted by molar-refractivity contribution is 5.59. The van der Waals surface area contributed by atoms with E-state index in [1.54, 1.807) is 18.5 Å². The normalized spacial score (nSPS) is 17.4. The summed E-state index contributed by atoms with van der Waals surface area (Å²) >= 11 is 0.